The third kappa shape index (κ3) is 4.50. The van der Waals surface area contributed by atoms with Crippen molar-refractivity contribution in [2.24, 2.45) is 11.5 Å². The van der Waals surface area contributed by atoms with Gasteiger partial charge in [0.2, 0.25) is 5.91 Å². The van der Waals surface area contributed by atoms with Crippen molar-refractivity contribution in [1.82, 2.24) is 0 Å². The Bertz CT molecular complexity index is 112. The molecule has 49 valence electrons. The van der Waals surface area contributed by atoms with Gasteiger partial charge in [-0.1, -0.05) is 0 Å². The maximum absolute atomic E-state index is 9.90. The first kappa shape index (κ1) is 11.8. The molecule has 0 aromatic heterocycles. The van der Waals surface area contributed by atoms with E-state index in [2.05, 4.69) is 5.73 Å². The van der Waals surface area contributed by atoms with Crippen LogP contribution in [0.1, 0.15) is 0 Å². The number of hydrogen-bond donors (Lipinski definition) is 2. The summed E-state index contributed by atoms with van der Waals surface area (Å²) in [4.78, 5) is 19.7. The molecule has 2 amide bonds. The van der Waals surface area contributed by atoms with Crippen LogP contribution in [0, 0.1) is 0 Å². The zero-order valence-electron chi connectivity index (χ0n) is 4.63. The van der Waals surface area contributed by atoms with Crippen LogP contribution in [0.25, 0.3) is 5.73 Å². The Balaban J connectivity index is 0. The fourth-order valence-corrected chi connectivity index (χ4v) is 0.129. The summed E-state index contributed by atoms with van der Waals surface area (Å²) in [6.45, 7) is 0. The van der Waals surface area contributed by atoms with E-state index in [9.17, 15) is 9.59 Å². The summed E-state index contributed by atoms with van der Waals surface area (Å²) >= 11 is 0. The van der Waals surface area contributed by atoms with Crippen LogP contribution in [-0.4, -0.2) is 17.9 Å². The summed E-state index contributed by atoms with van der Waals surface area (Å²) < 4.78 is 0. The quantitative estimate of drug-likeness (QED) is 0.528. The van der Waals surface area contributed by atoms with Gasteiger partial charge in [-0.15, -0.1) is 0 Å². The summed E-state index contributed by atoms with van der Waals surface area (Å²) in [6.07, 6.45) is 0. The maximum Gasteiger partial charge on any atom is 0.240 e. The molecule has 0 aliphatic rings. The molecule has 1 unspecified atom stereocenters. The van der Waals surface area contributed by atoms with Gasteiger partial charge >= 0.3 is 0 Å². The number of primary amides is 1. The van der Waals surface area contributed by atoms with E-state index in [0.717, 1.165) is 0 Å². The van der Waals surface area contributed by atoms with E-state index in [1.165, 1.54) is 0 Å². The largest absolute Gasteiger partial charge is 0.666 e. The summed E-state index contributed by atoms with van der Waals surface area (Å²) in [5, 5.41) is 0. The minimum atomic E-state index is -1.46. The minimum absolute atomic E-state index is 0. The molecule has 0 aliphatic carbocycles. The van der Waals surface area contributed by atoms with Gasteiger partial charge in [0.25, 0.3) is 0 Å². The van der Waals surface area contributed by atoms with E-state index in [4.69, 9.17) is 11.5 Å². The van der Waals surface area contributed by atoms with E-state index < -0.39 is 17.9 Å². The Morgan fingerprint density at radius 2 is 1.78 bits per heavy atom. The molecule has 0 saturated carbocycles. The van der Waals surface area contributed by atoms with Gasteiger partial charge in [0, 0.05) is 32.7 Å². The van der Waals surface area contributed by atoms with Crippen LogP contribution in [0.15, 0.2) is 0 Å². The number of carbonyl (C=O) groups excluding carboxylic acids is 2. The van der Waals surface area contributed by atoms with Crippen molar-refractivity contribution in [3.05, 3.63) is 5.73 Å². The minimum Gasteiger partial charge on any atom is -0.666 e. The van der Waals surface area contributed by atoms with Gasteiger partial charge in [0.1, 0.15) is 6.04 Å². The second-order valence-electron chi connectivity index (χ2n) is 1.24. The summed E-state index contributed by atoms with van der Waals surface area (Å²) in [5.74, 6) is -2.12. The molecule has 5 nitrogen and oxygen atoms in total. The molecule has 1 atom stereocenters. The van der Waals surface area contributed by atoms with Crippen LogP contribution in [0.4, 0.5) is 0 Å². The van der Waals surface area contributed by atoms with E-state index in [1.54, 1.807) is 0 Å². The Labute approximate surface area is 77.2 Å². The third-order valence-electron chi connectivity index (χ3n) is 0.589. The van der Waals surface area contributed by atoms with Gasteiger partial charge in [0.05, 0.1) is 5.91 Å². The second kappa shape index (κ2) is 4.84. The third-order valence-corrected chi connectivity index (χ3v) is 0.589. The summed E-state index contributed by atoms with van der Waals surface area (Å²) in [7, 11) is 0. The predicted molar refractivity (Wildman–Crippen MR) is 26.5 cm³/mol. The Morgan fingerprint density at radius 3 is 1.78 bits per heavy atom. The fraction of sp³-hybridized carbons (Fsp3) is 0.333. The molecule has 0 rings (SSSR count). The Hall–Kier alpha value is 0.00390. The molecular formula is C3H6N3O2Y-. The van der Waals surface area contributed by atoms with Crippen molar-refractivity contribution in [2.45, 2.75) is 6.04 Å². The van der Waals surface area contributed by atoms with Crippen LogP contribution >= 0.6 is 0 Å². The fourth-order valence-electron chi connectivity index (χ4n) is 0.129. The average molecular weight is 205 g/mol. The molecule has 0 bridgehead atoms. The van der Waals surface area contributed by atoms with Crippen LogP contribution in [-0.2, 0) is 42.3 Å². The maximum atomic E-state index is 9.90. The standard InChI is InChI=1S/C3H7N3O2.Y/c4-1(2(5)7)3(6)8;/h1H,4H2,(H4,5,6,7,8);/p-1. The van der Waals surface area contributed by atoms with E-state index in [-0.39, 0.29) is 32.7 Å². The molecule has 1 radical (unpaired) electrons. The smallest absolute Gasteiger partial charge is 0.240 e. The zero-order valence-corrected chi connectivity index (χ0v) is 7.46. The molecule has 0 aliphatic heterocycles. The van der Waals surface area contributed by atoms with Gasteiger partial charge in [-0.2, -0.15) is 0 Å². The summed E-state index contributed by atoms with van der Waals surface area (Å²) in [5.41, 5.74) is 15.5. The van der Waals surface area contributed by atoms with Gasteiger partial charge < -0.3 is 22.0 Å². The normalized spacial score (nSPS) is 11.2. The number of rotatable bonds is 2. The molecule has 9 heavy (non-hydrogen) atoms. The molecule has 6 heteroatoms. The molecular weight excluding hydrogens is 199 g/mol. The van der Waals surface area contributed by atoms with E-state index in [1.807, 2.05) is 0 Å². The first-order valence-corrected chi connectivity index (χ1v) is 1.86. The van der Waals surface area contributed by atoms with Gasteiger partial charge in [-0.05, 0) is 0 Å². The number of carbonyl (C=O) groups is 2. The van der Waals surface area contributed by atoms with Gasteiger partial charge in [-0.25, -0.2) is 0 Å². The number of nitrogens with one attached hydrogen (secondary N) is 1. The van der Waals surface area contributed by atoms with Gasteiger partial charge in [0.15, 0.2) is 0 Å². The Morgan fingerprint density at radius 1 is 1.44 bits per heavy atom. The first-order chi connectivity index (χ1) is 3.55. The topological polar surface area (TPSA) is 110 Å². The van der Waals surface area contributed by atoms with Crippen molar-refractivity contribution < 1.29 is 42.3 Å². The van der Waals surface area contributed by atoms with Crippen LogP contribution < -0.4 is 11.5 Å². The molecule has 0 saturated heterocycles. The zero-order chi connectivity index (χ0) is 6.73. The van der Waals surface area contributed by atoms with Crippen molar-refractivity contribution in [3.8, 4) is 0 Å². The second-order valence-corrected chi connectivity index (χ2v) is 1.24. The van der Waals surface area contributed by atoms with E-state index >= 15 is 0 Å². The van der Waals surface area contributed by atoms with E-state index in [0.29, 0.717) is 0 Å². The molecule has 0 aromatic rings. The van der Waals surface area contributed by atoms with Crippen molar-refractivity contribution in [1.29, 1.82) is 0 Å². The molecule has 0 heterocycles. The predicted octanol–water partition coefficient (Wildman–Crippen LogP) is -1.62. The monoisotopic (exact) mass is 205 g/mol. The van der Waals surface area contributed by atoms with Gasteiger partial charge in [-0.3, -0.25) is 4.79 Å². The molecule has 0 spiro atoms. The number of hydrogen-bond acceptors (Lipinski definition) is 3. The molecule has 0 fully saturated rings. The van der Waals surface area contributed by atoms with Crippen LogP contribution in [0.3, 0.4) is 0 Å². The number of amides is 2. The number of nitrogens with two attached hydrogens (primary N) is 2. The van der Waals surface area contributed by atoms with Crippen LogP contribution in [0.5, 0.6) is 0 Å². The summed E-state index contributed by atoms with van der Waals surface area (Å²) in [6, 6.07) is -1.46. The van der Waals surface area contributed by atoms with Crippen molar-refractivity contribution in [3.63, 3.8) is 0 Å². The van der Waals surface area contributed by atoms with Crippen LogP contribution in [0.2, 0.25) is 0 Å². The van der Waals surface area contributed by atoms with Crippen molar-refractivity contribution in [2.75, 3.05) is 0 Å². The van der Waals surface area contributed by atoms with Crippen molar-refractivity contribution >= 4 is 11.8 Å². The molecule has 5 N–H and O–H groups in total. The first-order valence-electron chi connectivity index (χ1n) is 1.86. The SMILES string of the molecule is [NH-]C(=O)C(N)C(N)=O.[Y]. The Kier molecular flexibility index (Phi) is 6.33. The molecule has 0 aromatic carbocycles. The average Bonchev–Trinajstić information content (AvgIpc) is 1.64.